The van der Waals surface area contributed by atoms with Crippen LogP contribution in [0.25, 0.3) is 11.3 Å². The molecule has 5 nitrogen and oxygen atoms in total. The number of benzene rings is 1. The molecule has 0 saturated heterocycles. The number of carboxylic acid groups (broad SMARTS) is 1. The first-order valence-corrected chi connectivity index (χ1v) is 8.06. The van der Waals surface area contributed by atoms with Gasteiger partial charge in [0.05, 0.1) is 11.6 Å². The molecule has 1 fully saturated rings. The largest absolute Gasteiger partial charge is 0.481 e. The second kappa shape index (κ2) is 6.27. The number of carbonyl (C=O) groups excluding carboxylic acids is 1. The monoisotopic (exact) mass is 316 g/mol. The normalized spacial score (nSPS) is 20.7. The number of aliphatic carboxylic acids is 1. The Kier molecular flexibility index (Phi) is 4.20. The zero-order valence-corrected chi connectivity index (χ0v) is 12.7. The van der Waals surface area contributed by atoms with Gasteiger partial charge in [-0.25, -0.2) is 4.98 Å². The zero-order chi connectivity index (χ0) is 15.5. The van der Waals surface area contributed by atoms with Crippen molar-refractivity contribution in [3.8, 4) is 11.3 Å². The second-order valence-electron chi connectivity index (χ2n) is 5.44. The number of nitrogens with one attached hydrogen (secondary N) is 1. The molecule has 114 valence electrons. The van der Waals surface area contributed by atoms with Gasteiger partial charge in [0.2, 0.25) is 5.91 Å². The Labute approximate surface area is 132 Å². The van der Waals surface area contributed by atoms with Crippen molar-refractivity contribution in [1.29, 1.82) is 0 Å². The highest BCUT2D eigenvalue weighted by Crippen LogP contribution is 2.32. The Bertz CT molecular complexity index is 684. The minimum atomic E-state index is -0.809. The molecule has 2 N–H and O–H groups in total. The van der Waals surface area contributed by atoms with Crippen LogP contribution in [0.4, 0.5) is 5.13 Å². The average Bonchev–Trinajstić information content (AvgIpc) is 3.17. The van der Waals surface area contributed by atoms with Gasteiger partial charge in [0.1, 0.15) is 0 Å². The van der Waals surface area contributed by atoms with Gasteiger partial charge in [-0.05, 0) is 19.3 Å². The van der Waals surface area contributed by atoms with Crippen LogP contribution >= 0.6 is 11.3 Å². The van der Waals surface area contributed by atoms with E-state index in [1.54, 1.807) is 0 Å². The Hall–Kier alpha value is -2.21. The number of aromatic nitrogens is 1. The van der Waals surface area contributed by atoms with Gasteiger partial charge >= 0.3 is 5.97 Å². The van der Waals surface area contributed by atoms with Crippen molar-refractivity contribution in [2.24, 2.45) is 11.8 Å². The first-order valence-electron chi connectivity index (χ1n) is 7.18. The molecule has 1 amide bonds. The predicted octanol–water partition coefficient (Wildman–Crippen LogP) is 3.25. The lowest BCUT2D eigenvalue weighted by molar-refractivity contribution is -0.141. The maximum absolute atomic E-state index is 12.2. The Morgan fingerprint density at radius 3 is 2.59 bits per heavy atom. The van der Waals surface area contributed by atoms with Crippen LogP contribution in [-0.2, 0) is 9.59 Å². The number of nitrogens with zero attached hydrogens (tertiary/aromatic N) is 1. The molecule has 0 aliphatic heterocycles. The lowest BCUT2D eigenvalue weighted by atomic mass is 10.0. The van der Waals surface area contributed by atoms with Crippen molar-refractivity contribution in [2.45, 2.75) is 19.3 Å². The molecule has 0 radical (unpaired) electrons. The van der Waals surface area contributed by atoms with Crippen LogP contribution in [0.2, 0.25) is 0 Å². The first-order chi connectivity index (χ1) is 10.6. The van der Waals surface area contributed by atoms with Crippen molar-refractivity contribution < 1.29 is 14.7 Å². The maximum Gasteiger partial charge on any atom is 0.306 e. The molecule has 0 spiro atoms. The summed E-state index contributed by atoms with van der Waals surface area (Å²) < 4.78 is 0. The lowest BCUT2D eigenvalue weighted by Crippen LogP contribution is -2.21. The molecule has 1 aromatic carbocycles. The fourth-order valence-electron chi connectivity index (χ4n) is 2.72. The summed E-state index contributed by atoms with van der Waals surface area (Å²) in [7, 11) is 0. The van der Waals surface area contributed by atoms with E-state index >= 15 is 0 Å². The highest BCUT2D eigenvalue weighted by molar-refractivity contribution is 7.14. The van der Waals surface area contributed by atoms with E-state index in [1.165, 1.54) is 11.3 Å². The Balaban J connectivity index is 1.63. The van der Waals surface area contributed by atoms with Gasteiger partial charge < -0.3 is 10.4 Å². The number of hydrogen-bond acceptors (Lipinski definition) is 4. The van der Waals surface area contributed by atoms with E-state index in [0.29, 0.717) is 24.4 Å². The van der Waals surface area contributed by atoms with Crippen molar-refractivity contribution >= 4 is 28.3 Å². The van der Waals surface area contributed by atoms with Crippen LogP contribution in [0.15, 0.2) is 35.7 Å². The van der Waals surface area contributed by atoms with Gasteiger partial charge in [0, 0.05) is 16.9 Å². The Morgan fingerprint density at radius 2 is 1.91 bits per heavy atom. The minimum absolute atomic E-state index is 0.127. The highest BCUT2D eigenvalue weighted by atomic mass is 32.1. The van der Waals surface area contributed by atoms with E-state index in [1.807, 2.05) is 35.7 Å². The van der Waals surface area contributed by atoms with Crippen LogP contribution in [0.3, 0.4) is 0 Å². The van der Waals surface area contributed by atoms with E-state index in [4.69, 9.17) is 5.11 Å². The number of rotatable bonds is 4. The van der Waals surface area contributed by atoms with Crippen LogP contribution in [0, 0.1) is 11.8 Å². The van der Waals surface area contributed by atoms with E-state index < -0.39 is 11.9 Å². The van der Waals surface area contributed by atoms with Crippen LogP contribution in [0.1, 0.15) is 19.3 Å². The SMILES string of the molecule is O=C(O)[C@@H]1CC[C@H](C(=O)Nc2nc(-c3ccccc3)cs2)C1. The van der Waals surface area contributed by atoms with Crippen LogP contribution < -0.4 is 5.32 Å². The third-order valence-corrected chi connectivity index (χ3v) is 4.71. The Morgan fingerprint density at radius 1 is 1.18 bits per heavy atom. The standard InChI is InChI=1S/C16H16N2O3S/c19-14(11-6-7-12(8-11)15(20)21)18-16-17-13(9-22-16)10-4-2-1-3-5-10/h1-5,9,11-12H,6-8H2,(H,20,21)(H,17,18,19)/t11-,12+/m0/s1. The number of anilines is 1. The van der Waals surface area contributed by atoms with E-state index in [-0.39, 0.29) is 11.8 Å². The summed E-state index contributed by atoms with van der Waals surface area (Å²) in [6.07, 6.45) is 1.61. The van der Waals surface area contributed by atoms with E-state index in [9.17, 15) is 9.59 Å². The first kappa shape index (κ1) is 14.7. The maximum atomic E-state index is 12.2. The smallest absolute Gasteiger partial charge is 0.306 e. The van der Waals surface area contributed by atoms with E-state index in [2.05, 4.69) is 10.3 Å². The molecule has 3 rings (SSSR count). The second-order valence-corrected chi connectivity index (χ2v) is 6.30. The molecule has 1 heterocycles. The topological polar surface area (TPSA) is 79.3 Å². The molecular formula is C16H16N2O3S. The number of carbonyl (C=O) groups is 2. The lowest BCUT2D eigenvalue weighted by Gasteiger charge is -2.08. The van der Waals surface area contributed by atoms with Gasteiger partial charge in [-0.15, -0.1) is 11.3 Å². The van der Waals surface area contributed by atoms with Crippen LogP contribution in [-0.4, -0.2) is 22.0 Å². The number of thiazole rings is 1. The molecule has 0 unspecified atom stereocenters. The van der Waals surface area contributed by atoms with E-state index in [0.717, 1.165) is 11.3 Å². The summed E-state index contributed by atoms with van der Waals surface area (Å²) in [5.41, 5.74) is 1.83. The van der Waals surface area contributed by atoms with Crippen molar-refractivity contribution in [2.75, 3.05) is 5.32 Å². The van der Waals surface area contributed by atoms with Crippen LogP contribution in [0.5, 0.6) is 0 Å². The summed E-state index contributed by atoms with van der Waals surface area (Å²) >= 11 is 1.38. The molecular weight excluding hydrogens is 300 g/mol. The van der Waals surface area contributed by atoms with Crippen molar-refractivity contribution in [3.05, 3.63) is 35.7 Å². The van der Waals surface area contributed by atoms with Gasteiger partial charge in [-0.3, -0.25) is 9.59 Å². The molecule has 22 heavy (non-hydrogen) atoms. The molecule has 1 aliphatic carbocycles. The summed E-state index contributed by atoms with van der Waals surface area (Å²) in [4.78, 5) is 27.6. The van der Waals surface area contributed by atoms with Gasteiger partial charge in [0.25, 0.3) is 0 Å². The van der Waals surface area contributed by atoms with Crippen molar-refractivity contribution in [1.82, 2.24) is 4.98 Å². The molecule has 0 bridgehead atoms. The molecule has 1 saturated carbocycles. The number of amides is 1. The van der Waals surface area contributed by atoms with Crippen molar-refractivity contribution in [3.63, 3.8) is 0 Å². The number of hydrogen-bond donors (Lipinski definition) is 2. The highest BCUT2D eigenvalue weighted by Gasteiger charge is 2.34. The fraction of sp³-hybridized carbons (Fsp3) is 0.312. The zero-order valence-electron chi connectivity index (χ0n) is 11.9. The molecule has 1 aliphatic rings. The molecule has 1 aromatic heterocycles. The average molecular weight is 316 g/mol. The van der Waals surface area contributed by atoms with Gasteiger partial charge in [-0.1, -0.05) is 30.3 Å². The molecule has 2 atom stereocenters. The fourth-order valence-corrected chi connectivity index (χ4v) is 3.45. The molecule has 6 heteroatoms. The third-order valence-electron chi connectivity index (χ3n) is 3.96. The third kappa shape index (κ3) is 3.17. The summed E-state index contributed by atoms with van der Waals surface area (Å²) in [5.74, 6) is -1.56. The molecule has 2 aromatic rings. The summed E-state index contributed by atoms with van der Waals surface area (Å²) in [6, 6.07) is 9.76. The van der Waals surface area contributed by atoms with Gasteiger partial charge in [0.15, 0.2) is 5.13 Å². The quantitative estimate of drug-likeness (QED) is 0.907. The summed E-state index contributed by atoms with van der Waals surface area (Å²) in [5, 5.41) is 14.3. The minimum Gasteiger partial charge on any atom is -0.481 e. The summed E-state index contributed by atoms with van der Waals surface area (Å²) in [6.45, 7) is 0. The number of carboxylic acids is 1. The predicted molar refractivity (Wildman–Crippen MR) is 84.6 cm³/mol. The van der Waals surface area contributed by atoms with Gasteiger partial charge in [-0.2, -0.15) is 0 Å².